The fraction of sp³-hybridized carbons (Fsp3) is 0.857. The molecular weight excluding hydrogens is 276 g/mol. The predicted molar refractivity (Wildman–Crippen MR) is 82.1 cm³/mol. The number of carbonyl (C=O) groups excluding carboxylic acids is 1. The SMILES string of the molecule is CSCCC(C)N(C)C(=O)NC1CCC(C(=O)O)CC1. The van der Waals surface area contributed by atoms with E-state index < -0.39 is 5.97 Å². The number of aliphatic carboxylic acids is 1. The molecule has 2 N–H and O–H groups in total. The molecule has 116 valence electrons. The van der Waals surface area contributed by atoms with Crippen LogP contribution >= 0.6 is 11.8 Å². The molecule has 1 atom stereocenters. The second-order valence-electron chi connectivity index (χ2n) is 5.58. The molecule has 0 spiro atoms. The van der Waals surface area contributed by atoms with Crippen molar-refractivity contribution < 1.29 is 14.7 Å². The van der Waals surface area contributed by atoms with Crippen molar-refractivity contribution in [3.8, 4) is 0 Å². The van der Waals surface area contributed by atoms with Crippen LogP contribution in [0.4, 0.5) is 4.79 Å². The molecule has 0 heterocycles. The van der Waals surface area contributed by atoms with E-state index in [1.54, 1.807) is 16.7 Å². The van der Waals surface area contributed by atoms with Gasteiger partial charge in [0.05, 0.1) is 5.92 Å². The first-order valence-electron chi connectivity index (χ1n) is 7.20. The quantitative estimate of drug-likeness (QED) is 0.790. The number of amides is 2. The standard InChI is InChI=1S/C14H26N2O3S/c1-10(8-9-20-3)16(2)14(19)15-12-6-4-11(5-7-12)13(17)18/h10-12H,4-9H2,1-3H3,(H,15,19)(H,17,18). The molecule has 1 aliphatic carbocycles. The number of hydrogen-bond acceptors (Lipinski definition) is 3. The topological polar surface area (TPSA) is 69.6 Å². The smallest absolute Gasteiger partial charge is 0.317 e. The van der Waals surface area contributed by atoms with Crippen LogP contribution in [0.1, 0.15) is 39.0 Å². The molecule has 0 aromatic carbocycles. The summed E-state index contributed by atoms with van der Waals surface area (Å²) in [6.07, 6.45) is 5.88. The van der Waals surface area contributed by atoms with Crippen molar-refractivity contribution in [1.82, 2.24) is 10.2 Å². The maximum atomic E-state index is 12.1. The lowest BCUT2D eigenvalue weighted by molar-refractivity contribution is -0.142. The zero-order valence-corrected chi connectivity index (χ0v) is 13.4. The van der Waals surface area contributed by atoms with Crippen LogP contribution in [0.15, 0.2) is 0 Å². The average molecular weight is 302 g/mol. The molecule has 0 bridgehead atoms. The molecule has 1 unspecified atom stereocenters. The highest BCUT2D eigenvalue weighted by Crippen LogP contribution is 2.24. The van der Waals surface area contributed by atoms with E-state index in [2.05, 4.69) is 18.5 Å². The lowest BCUT2D eigenvalue weighted by Gasteiger charge is -2.31. The summed E-state index contributed by atoms with van der Waals surface area (Å²) in [6.45, 7) is 2.05. The minimum Gasteiger partial charge on any atom is -0.481 e. The van der Waals surface area contributed by atoms with Crippen LogP contribution in [0.3, 0.4) is 0 Å². The minimum absolute atomic E-state index is 0.0441. The van der Waals surface area contributed by atoms with Gasteiger partial charge in [0.1, 0.15) is 0 Å². The fourth-order valence-electron chi connectivity index (χ4n) is 2.44. The van der Waals surface area contributed by atoms with Crippen molar-refractivity contribution >= 4 is 23.8 Å². The van der Waals surface area contributed by atoms with E-state index in [0.717, 1.165) is 25.0 Å². The number of nitrogens with one attached hydrogen (secondary N) is 1. The van der Waals surface area contributed by atoms with Crippen LogP contribution in [0.25, 0.3) is 0 Å². The molecule has 1 aliphatic rings. The van der Waals surface area contributed by atoms with Gasteiger partial charge in [-0.1, -0.05) is 0 Å². The van der Waals surface area contributed by atoms with Crippen molar-refractivity contribution in [2.75, 3.05) is 19.1 Å². The zero-order chi connectivity index (χ0) is 15.1. The van der Waals surface area contributed by atoms with E-state index >= 15 is 0 Å². The Bertz CT molecular complexity index is 330. The van der Waals surface area contributed by atoms with Crippen molar-refractivity contribution in [3.63, 3.8) is 0 Å². The van der Waals surface area contributed by atoms with E-state index in [0.29, 0.717) is 12.8 Å². The average Bonchev–Trinajstić information content (AvgIpc) is 2.44. The van der Waals surface area contributed by atoms with Gasteiger partial charge in [-0.2, -0.15) is 11.8 Å². The van der Waals surface area contributed by atoms with Gasteiger partial charge in [-0.25, -0.2) is 4.79 Å². The number of carbonyl (C=O) groups is 2. The van der Waals surface area contributed by atoms with E-state index in [1.165, 1.54) is 0 Å². The molecule has 0 aromatic rings. The first-order chi connectivity index (χ1) is 9.45. The minimum atomic E-state index is -0.711. The Morgan fingerprint density at radius 3 is 2.45 bits per heavy atom. The number of urea groups is 1. The van der Waals surface area contributed by atoms with Gasteiger partial charge in [0, 0.05) is 19.1 Å². The Morgan fingerprint density at radius 1 is 1.35 bits per heavy atom. The number of nitrogens with zero attached hydrogens (tertiary/aromatic N) is 1. The number of rotatable bonds is 6. The summed E-state index contributed by atoms with van der Waals surface area (Å²) in [4.78, 5) is 24.8. The highest BCUT2D eigenvalue weighted by atomic mass is 32.2. The maximum Gasteiger partial charge on any atom is 0.317 e. The van der Waals surface area contributed by atoms with Crippen LogP contribution in [-0.2, 0) is 4.79 Å². The van der Waals surface area contributed by atoms with Gasteiger partial charge >= 0.3 is 12.0 Å². The molecule has 1 fully saturated rings. The van der Waals surface area contributed by atoms with Gasteiger partial charge in [0.15, 0.2) is 0 Å². The van der Waals surface area contributed by atoms with Gasteiger partial charge in [0.25, 0.3) is 0 Å². The van der Waals surface area contributed by atoms with E-state index in [9.17, 15) is 9.59 Å². The molecule has 6 heteroatoms. The van der Waals surface area contributed by atoms with Crippen molar-refractivity contribution in [2.45, 2.75) is 51.1 Å². The summed E-state index contributed by atoms with van der Waals surface area (Å²) in [5, 5.41) is 12.0. The Morgan fingerprint density at radius 2 is 1.95 bits per heavy atom. The van der Waals surface area contributed by atoms with Crippen LogP contribution < -0.4 is 5.32 Å². The Hall–Kier alpha value is -0.910. The molecule has 2 amide bonds. The van der Waals surface area contributed by atoms with Crippen molar-refractivity contribution in [3.05, 3.63) is 0 Å². The molecule has 0 saturated heterocycles. The van der Waals surface area contributed by atoms with Crippen LogP contribution in [0, 0.1) is 5.92 Å². The molecule has 1 saturated carbocycles. The summed E-state index contributed by atoms with van der Waals surface area (Å²) in [7, 11) is 1.82. The number of thioether (sulfide) groups is 1. The lowest BCUT2D eigenvalue weighted by Crippen LogP contribution is -2.47. The van der Waals surface area contributed by atoms with Crippen LogP contribution in [0.2, 0.25) is 0 Å². The summed E-state index contributed by atoms with van der Waals surface area (Å²) in [6, 6.07) is 0.295. The van der Waals surface area contributed by atoms with Gasteiger partial charge < -0.3 is 15.3 Å². The van der Waals surface area contributed by atoms with Gasteiger partial charge in [-0.3, -0.25) is 4.79 Å². The summed E-state index contributed by atoms with van der Waals surface area (Å²) >= 11 is 1.78. The molecule has 5 nitrogen and oxygen atoms in total. The molecule has 0 aromatic heterocycles. The highest BCUT2D eigenvalue weighted by Gasteiger charge is 2.27. The monoisotopic (exact) mass is 302 g/mol. The molecule has 20 heavy (non-hydrogen) atoms. The second kappa shape index (κ2) is 8.39. The third-order valence-corrected chi connectivity index (χ3v) is 4.77. The van der Waals surface area contributed by atoms with Crippen molar-refractivity contribution in [2.24, 2.45) is 5.92 Å². The Labute approximate surface area is 125 Å². The third-order valence-electron chi connectivity index (χ3n) is 4.13. The molecule has 0 radical (unpaired) electrons. The number of carboxylic acids is 1. The summed E-state index contributed by atoms with van der Waals surface area (Å²) < 4.78 is 0. The predicted octanol–water partition coefficient (Wildman–Crippen LogP) is 2.41. The number of carboxylic acid groups (broad SMARTS) is 1. The largest absolute Gasteiger partial charge is 0.481 e. The van der Waals surface area contributed by atoms with Crippen molar-refractivity contribution in [1.29, 1.82) is 0 Å². The maximum absolute atomic E-state index is 12.1. The van der Waals surface area contributed by atoms with Gasteiger partial charge in [-0.05, 0) is 51.0 Å². The normalized spacial score (nSPS) is 23.9. The first kappa shape index (κ1) is 17.1. The summed E-state index contributed by atoms with van der Waals surface area (Å²) in [5.41, 5.74) is 0. The van der Waals surface area contributed by atoms with Crippen LogP contribution in [0.5, 0.6) is 0 Å². The van der Waals surface area contributed by atoms with E-state index in [4.69, 9.17) is 5.11 Å². The Balaban J connectivity index is 2.34. The summed E-state index contributed by atoms with van der Waals surface area (Å²) in [5.74, 6) is 0.0988. The highest BCUT2D eigenvalue weighted by molar-refractivity contribution is 7.98. The number of hydrogen-bond donors (Lipinski definition) is 2. The lowest BCUT2D eigenvalue weighted by atomic mass is 9.86. The van der Waals surface area contributed by atoms with E-state index in [1.807, 2.05) is 7.05 Å². The second-order valence-corrected chi connectivity index (χ2v) is 6.56. The Kier molecular flexibility index (Phi) is 7.19. The third kappa shape index (κ3) is 5.23. The van der Waals surface area contributed by atoms with Gasteiger partial charge in [0.2, 0.25) is 0 Å². The first-order valence-corrected chi connectivity index (χ1v) is 8.60. The fourth-order valence-corrected chi connectivity index (χ4v) is 3.02. The van der Waals surface area contributed by atoms with Gasteiger partial charge in [-0.15, -0.1) is 0 Å². The van der Waals surface area contributed by atoms with Crippen LogP contribution in [-0.4, -0.2) is 53.1 Å². The molecular formula is C14H26N2O3S. The van der Waals surface area contributed by atoms with E-state index in [-0.39, 0.29) is 24.0 Å². The zero-order valence-electron chi connectivity index (χ0n) is 12.6. The molecule has 0 aliphatic heterocycles. The molecule has 1 rings (SSSR count).